The van der Waals surface area contributed by atoms with Crippen LogP contribution in [0.15, 0.2) is 29.3 Å². The number of guanidine groups is 1. The average Bonchev–Trinajstić information content (AvgIpc) is 2.57. The van der Waals surface area contributed by atoms with Crippen molar-refractivity contribution >= 4 is 35.6 Å². The molecule has 1 aromatic carbocycles. The Labute approximate surface area is 161 Å². The Morgan fingerprint density at radius 3 is 2.25 bits per heavy atom. The van der Waals surface area contributed by atoms with E-state index >= 15 is 0 Å². The van der Waals surface area contributed by atoms with Gasteiger partial charge in [0.1, 0.15) is 5.82 Å². The number of anilines is 1. The number of hydrogen-bond acceptors (Lipinski definition) is 3. The zero-order chi connectivity index (χ0) is 16.7. The summed E-state index contributed by atoms with van der Waals surface area (Å²) in [6, 6.07) is 6.74. The second-order valence-electron chi connectivity index (χ2n) is 5.72. The molecule has 2 N–H and O–H groups in total. The largest absolute Gasteiger partial charge is 0.370 e. The fourth-order valence-corrected chi connectivity index (χ4v) is 2.84. The molecule has 0 saturated carbocycles. The molecule has 1 fully saturated rings. The third-order valence-corrected chi connectivity index (χ3v) is 4.34. The minimum absolute atomic E-state index is 0. The summed E-state index contributed by atoms with van der Waals surface area (Å²) in [5.74, 6) is 0.455. The summed E-state index contributed by atoms with van der Waals surface area (Å²) >= 11 is 0. The van der Waals surface area contributed by atoms with Crippen LogP contribution in [0.1, 0.15) is 13.8 Å². The molecule has 7 heteroatoms. The summed E-state index contributed by atoms with van der Waals surface area (Å²) in [6.07, 6.45) is 0. The Kier molecular flexibility index (Phi) is 9.35. The number of piperazine rings is 1. The first-order valence-corrected chi connectivity index (χ1v) is 8.41. The summed E-state index contributed by atoms with van der Waals surface area (Å²) in [5.41, 5.74) is 7.08. The van der Waals surface area contributed by atoms with Crippen molar-refractivity contribution in [2.24, 2.45) is 10.7 Å². The molecule has 1 aromatic rings. The molecule has 0 bridgehead atoms. The van der Waals surface area contributed by atoms with Gasteiger partial charge < -0.3 is 15.5 Å². The highest BCUT2D eigenvalue weighted by molar-refractivity contribution is 14.0. The maximum Gasteiger partial charge on any atom is 0.191 e. The first kappa shape index (κ1) is 21.0. The average molecular weight is 449 g/mol. The molecule has 24 heavy (non-hydrogen) atoms. The van der Waals surface area contributed by atoms with Gasteiger partial charge in [0.25, 0.3) is 0 Å². The van der Waals surface area contributed by atoms with E-state index in [0.717, 1.165) is 58.0 Å². The molecule has 0 spiro atoms. The summed E-state index contributed by atoms with van der Waals surface area (Å²) in [4.78, 5) is 11.2. The van der Waals surface area contributed by atoms with Crippen LogP contribution < -0.4 is 10.6 Å². The van der Waals surface area contributed by atoms with Crippen molar-refractivity contribution < 1.29 is 4.39 Å². The van der Waals surface area contributed by atoms with Crippen LogP contribution in [0.5, 0.6) is 0 Å². The molecule has 0 radical (unpaired) electrons. The summed E-state index contributed by atoms with van der Waals surface area (Å²) in [5, 5.41) is 0. The number of hydrogen-bond donors (Lipinski definition) is 1. The molecule has 1 aliphatic heterocycles. The molecule has 0 atom stereocenters. The molecule has 136 valence electrons. The van der Waals surface area contributed by atoms with Crippen molar-refractivity contribution in [1.29, 1.82) is 0 Å². The Balaban J connectivity index is 0.00000288. The monoisotopic (exact) mass is 449 g/mol. The van der Waals surface area contributed by atoms with Crippen LogP contribution in [-0.4, -0.2) is 68.1 Å². The summed E-state index contributed by atoms with van der Waals surface area (Å²) in [7, 11) is 0. The van der Waals surface area contributed by atoms with E-state index in [9.17, 15) is 4.39 Å². The third kappa shape index (κ3) is 6.08. The number of nitrogens with zero attached hydrogens (tertiary/aromatic N) is 4. The van der Waals surface area contributed by atoms with Gasteiger partial charge in [-0.2, -0.15) is 0 Å². The Bertz CT molecular complexity index is 496. The molecule has 1 heterocycles. The van der Waals surface area contributed by atoms with Crippen molar-refractivity contribution in [1.82, 2.24) is 9.80 Å². The Hall–Kier alpha value is -1.09. The Morgan fingerprint density at radius 1 is 1.12 bits per heavy atom. The van der Waals surface area contributed by atoms with E-state index < -0.39 is 0 Å². The van der Waals surface area contributed by atoms with Gasteiger partial charge in [-0.1, -0.05) is 0 Å². The van der Waals surface area contributed by atoms with Crippen molar-refractivity contribution in [3.63, 3.8) is 0 Å². The number of aliphatic imine (C=N–C) groups is 1. The number of halogens is 2. The van der Waals surface area contributed by atoms with Crippen molar-refractivity contribution in [3.05, 3.63) is 30.1 Å². The van der Waals surface area contributed by atoms with Crippen LogP contribution in [0.2, 0.25) is 0 Å². The van der Waals surface area contributed by atoms with Crippen molar-refractivity contribution in [3.8, 4) is 0 Å². The predicted molar refractivity (Wildman–Crippen MR) is 110 cm³/mol. The van der Waals surface area contributed by atoms with E-state index in [2.05, 4.69) is 33.5 Å². The van der Waals surface area contributed by atoms with E-state index in [4.69, 9.17) is 5.73 Å². The van der Waals surface area contributed by atoms with Crippen LogP contribution in [-0.2, 0) is 0 Å². The van der Waals surface area contributed by atoms with E-state index in [1.54, 1.807) is 0 Å². The molecule has 0 amide bonds. The van der Waals surface area contributed by atoms with Crippen LogP contribution in [0.3, 0.4) is 0 Å². The van der Waals surface area contributed by atoms with Crippen LogP contribution >= 0.6 is 24.0 Å². The fourth-order valence-electron chi connectivity index (χ4n) is 2.84. The molecule has 1 aliphatic rings. The second-order valence-corrected chi connectivity index (χ2v) is 5.72. The quantitative estimate of drug-likeness (QED) is 0.411. The standard InChI is InChI=1S/C17H28FN5.HI/c1-3-22(4-2)17(19)20-9-10-21-11-13-23(14-12-21)16-7-5-15(18)6-8-16;/h5-8H,3-4,9-14H2,1-2H3,(H2,19,20);1H. The minimum atomic E-state index is -0.184. The predicted octanol–water partition coefficient (Wildman–Crippen LogP) is 2.22. The zero-order valence-corrected chi connectivity index (χ0v) is 16.9. The fraction of sp³-hybridized carbons (Fsp3) is 0.588. The van der Waals surface area contributed by atoms with Crippen molar-refractivity contribution in [2.75, 3.05) is 57.3 Å². The van der Waals surface area contributed by atoms with Crippen LogP contribution in [0.25, 0.3) is 0 Å². The van der Waals surface area contributed by atoms with Gasteiger partial charge in [0.2, 0.25) is 0 Å². The van der Waals surface area contributed by atoms with Crippen LogP contribution in [0.4, 0.5) is 10.1 Å². The van der Waals surface area contributed by atoms with Gasteiger partial charge in [-0.05, 0) is 38.1 Å². The molecule has 0 unspecified atom stereocenters. The summed E-state index contributed by atoms with van der Waals surface area (Å²) < 4.78 is 13.0. The smallest absolute Gasteiger partial charge is 0.191 e. The Morgan fingerprint density at radius 2 is 1.71 bits per heavy atom. The lowest BCUT2D eigenvalue weighted by molar-refractivity contribution is 0.264. The highest BCUT2D eigenvalue weighted by Gasteiger charge is 2.16. The van der Waals surface area contributed by atoms with Gasteiger partial charge in [0, 0.05) is 51.5 Å². The third-order valence-electron chi connectivity index (χ3n) is 4.34. The molecule has 2 rings (SSSR count). The minimum Gasteiger partial charge on any atom is -0.370 e. The highest BCUT2D eigenvalue weighted by Crippen LogP contribution is 2.16. The van der Waals surface area contributed by atoms with E-state index in [1.165, 1.54) is 12.1 Å². The first-order valence-electron chi connectivity index (χ1n) is 8.41. The van der Waals surface area contributed by atoms with Gasteiger partial charge in [0.15, 0.2) is 5.96 Å². The van der Waals surface area contributed by atoms with Gasteiger partial charge in [-0.15, -0.1) is 24.0 Å². The van der Waals surface area contributed by atoms with E-state index in [-0.39, 0.29) is 29.8 Å². The van der Waals surface area contributed by atoms with Gasteiger partial charge in [-0.25, -0.2) is 4.39 Å². The summed E-state index contributed by atoms with van der Waals surface area (Å²) in [6.45, 7) is 11.5. The van der Waals surface area contributed by atoms with Crippen molar-refractivity contribution in [2.45, 2.75) is 13.8 Å². The normalized spacial score (nSPS) is 16.0. The lowest BCUT2D eigenvalue weighted by Crippen LogP contribution is -2.47. The number of benzene rings is 1. The zero-order valence-electron chi connectivity index (χ0n) is 14.6. The molecular weight excluding hydrogens is 420 g/mol. The SMILES string of the molecule is CCN(CC)C(N)=NCCN1CCN(c2ccc(F)cc2)CC1.I. The number of nitrogens with two attached hydrogens (primary N) is 1. The molecule has 1 saturated heterocycles. The molecule has 0 aliphatic carbocycles. The maximum atomic E-state index is 13.0. The lowest BCUT2D eigenvalue weighted by atomic mass is 10.2. The highest BCUT2D eigenvalue weighted by atomic mass is 127. The first-order chi connectivity index (χ1) is 11.1. The second kappa shape index (κ2) is 10.7. The van der Waals surface area contributed by atoms with Gasteiger partial charge in [0.05, 0.1) is 6.54 Å². The maximum absolute atomic E-state index is 13.0. The molecule has 5 nitrogen and oxygen atoms in total. The van der Waals surface area contributed by atoms with Gasteiger partial charge in [-0.3, -0.25) is 9.89 Å². The topological polar surface area (TPSA) is 48.1 Å². The molecular formula is C17H29FIN5. The van der Waals surface area contributed by atoms with E-state index in [1.807, 2.05) is 12.1 Å². The molecule has 0 aromatic heterocycles. The van der Waals surface area contributed by atoms with Crippen LogP contribution in [0, 0.1) is 5.82 Å². The lowest BCUT2D eigenvalue weighted by Gasteiger charge is -2.35. The number of rotatable bonds is 6. The van der Waals surface area contributed by atoms with E-state index in [0.29, 0.717) is 5.96 Å². The van der Waals surface area contributed by atoms with Gasteiger partial charge >= 0.3 is 0 Å².